The summed E-state index contributed by atoms with van der Waals surface area (Å²) in [5.74, 6) is -0.184. The van der Waals surface area contributed by atoms with Crippen molar-refractivity contribution in [3.63, 3.8) is 0 Å². The van der Waals surface area contributed by atoms with Gasteiger partial charge in [-0.15, -0.1) is 0 Å². The Labute approximate surface area is 155 Å². The second-order valence-corrected chi connectivity index (χ2v) is 6.89. The fraction of sp³-hybridized carbons (Fsp3) is 0.409. The van der Waals surface area contributed by atoms with Gasteiger partial charge in [0.05, 0.1) is 19.6 Å². The van der Waals surface area contributed by atoms with Crippen LogP contribution in [0.15, 0.2) is 60.7 Å². The molecule has 1 heterocycles. The van der Waals surface area contributed by atoms with E-state index in [1.165, 1.54) is 11.1 Å². The molecule has 0 radical (unpaired) electrons. The average Bonchev–Trinajstić information content (AvgIpc) is 3.43. The van der Waals surface area contributed by atoms with Crippen molar-refractivity contribution in [1.82, 2.24) is 4.90 Å². The molecule has 0 saturated carbocycles. The number of ether oxygens (including phenoxy) is 2. The largest absolute Gasteiger partial charge is 0.466 e. The smallest absolute Gasteiger partial charge is 0.308 e. The molecule has 1 fully saturated rings. The topological polar surface area (TPSA) is 42.1 Å². The summed E-state index contributed by atoms with van der Waals surface area (Å²) in [6.45, 7) is 6.61. The number of benzene rings is 2. The minimum absolute atomic E-state index is 0.104. The van der Waals surface area contributed by atoms with E-state index in [0.717, 1.165) is 13.1 Å². The molecule has 0 bridgehead atoms. The normalized spacial score (nSPS) is 20.0. The van der Waals surface area contributed by atoms with Crippen LogP contribution in [0.3, 0.4) is 0 Å². The van der Waals surface area contributed by atoms with Crippen molar-refractivity contribution < 1.29 is 14.3 Å². The molecule has 4 nitrogen and oxygen atoms in total. The Morgan fingerprint density at radius 1 is 1.08 bits per heavy atom. The van der Waals surface area contributed by atoms with Gasteiger partial charge in [0.25, 0.3) is 0 Å². The third kappa shape index (κ3) is 4.71. The Morgan fingerprint density at radius 2 is 1.58 bits per heavy atom. The number of esters is 1. The van der Waals surface area contributed by atoms with Gasteiger partial charge in [0.1, 0.15) is 5.60 Å². The van der Waals surface area contributed by atoms with Crippen LogP contribution in [0.2, 0.25) is 0 Å². The first-order valence-corrected chi connectivity index (χ1v) is 9.24. The Kier molecular flexibility index (Phi) is 6.07. The molecule has 26 heavy (non-hydrogen) atoms. The van der Waals surface area contributed by atoms with Gasteiger partial charge in [0, 0.05) is 19.1 Å². The van der Waals surface area contributed by atoms with Gasteiger partial charge in [-0.05, 0) is 25.0 Å². The van der Waals surface area contributed by atoms with Crippen molar-refractivity contribution in [1.29, 1.82) is 0 Å². The van der Waals surface area contributed by atoms with E-state index in [9.17, 15) is 4.79 Å². The predicted octanol–water partition coefficient (Wildman–Crippen LogP) is 3.80. The molecule has 0 N–H and O–H groups in total. The Hall–Kier alpha value is -2.17. The maximum atomic E-state index is 12.0. The Bertz CT molecular complexity index is 656. The standard InChI is InChI=1S/C22H27NO3/c1-3-25-21(24)14-22(17-26-22)18(2)23(15-19-10-6-4-7-11-19)16-20-12-8-5-9-13-20/h4-13,18H,3,14-17H2,1-2H3/t18-,22-/m0/s1. The lowest BCUT2D eigenvalue weighted by Crippen LogP contribution is -2.44. The third-order valence-electron chi connectivity index (χ3n) is 5.03. The molecule has 0 aromatic heterocycles. The van der Waals surface area contributed by atoms with Gasteiger partial charge in [0.15, 0.2) is 0 Å². The van der Waals surface area contributed by atoms with Gasteiger partial charge >= 0.3 is 5.97 Å². The molecule has 1 saturated heterocycles. The van der Waals surface area contributed by atoms with Crippen LogP contribution in [0.25, 0.3) is 0 Å². The van der Waals surface area contributed by atoms with Crippen molar-refractivity contribution in [2.75, 3.05) is 13.2 Å². The van der Waals surface area contributed by atoms with Crippen LogP contribution in [-0.4, -0.2) is 35.7 Å². The highest BCUT2D eigenvalue weighted by Crippen LogP contribution is 2.38. The summed E-state index contributed by atoms with van der Waals surface area (Å²) in [7, 11) is 0. The highest BCUT2D eigenvalue weighted by molar-refractivity contribution is 5.71. The van der Waals surface area contributed by atoms with Crippen molar-refractivity contribution in [3.05, 3.63) is 71.8 Å². The summed E-state index contributed by atoms with van der Waals surface area (Å²) in [6.07, 6.45) is 0.308. The summed E-state index contributed by atoms with van der Waals surface area (Å²) >= 11 is 0. The zero-order valence-corrected chi connectivity index (χ0v) is 15.6. The van der Waals surface area contributed by atoms with Crippen LogP contribution >= 0.6 is 0 Å². The fourth-order valence-electron chi connectivity index (χ4n) is 3.34. The molecule has 1 aliphatic rings. The zero-order chi connectivity index (χ0) is 18.4. The fourth-order valence-corrected chi connectivity index (χ4v) is 3.34. The molecule has 2 aromatic carbocycles. The summed E-state index contributed by atoms with van der Waals surface area (Å²) in [5, 5.41) is 0. The minimum Gasteiger partial charge on any atom is -0.466 e. The highest BCUT2D eigenvalue weighted by Gasteiger charge is 2.53. The van der Waals surface area contributed by atoms with Crippen LogP contribution in [-0.2, 0) is 27.4 Å². The molecule has 0 amide bonds. The van der Waals surface area contributed by atoms with E-state index in [0.29, 0.717) is 19.6 Å². The number of carbonyl (C=O) groups excluding carboxylic acids is 1. The van der Waals surface area contributed by atoms with Crippen molar-refractivity contribution in [2.45, 2.75) is 45.0 Å². The van der Waals surface area contributed by atoms with E-state index in [2.05, 4.69) is 60.4 Å². The zero-order valence-electron chi connectivity index (χ0n) is 15.6. The van der Waals surface area contributed by atoms with E-state index >= 15 is 0 Å². The summed E-state index contributed by atoms with van der Waals surface area (Å²) in [5.41, 5.74) is 2.07. The van der Waals surface area contributed by atoms with Crippen LogP contribution in [0.5, 0.6) is 0 Å². The maximum Gasteiger partial charge on any atom is 0.308 e. The minimum atomic E-state index is -0.435. The van der Waals surface area contributed by atoms with Crippen LogP contribution < -0.4 is 0 Å². The highest BCUT2D eigenvalue weighted by atomic mass is 16.6. The predicted molar refractivity (Wildman–Crippen MR) is 102 cm³/mol. The van der Waals surface area contributed by atoms with Crippen molar-refractivity contribution in [3.8, 4) is 0 Å². The van der Waals surface area contributed by atoms with E-state index < -0.39 is 5.60 Å². The van der Waals surface area contributed by atoms with E-state index in [-0.39, 0.29) is 12.0 Å². The number of hydrogen-bond acceptors (Lipinski definition) is 4. The number of carbonyl (C=O) groups is 1. The first-order valence-electron chi connectivity index (χ1n) is 9.24. The molecular formula is C22H27NO3. The third-order valence-corrected chi connectivity index (χ3v) is 5.03. The van der Waals surface area contributed by atoms with Crippen LogP contribution in [0.4, 0.5) is 0 Å². The Morgan fingerprint density at radius 3 is 2.00 bits per heavy atom. The molecule has 1 aliphatic heterocycles. The lowest BCUT2D eigenvalue weighted by atomic mass is 9.95. The maximum absolute atomic E-state index is 12.0. The molecule has 4 heteroatoms. The van der Waals surface area contributed by atoms with Gasteiger partial charge in [-0.2, -0.15) is 0 Å². The van der Waals surface area contributed by atoms with Crippen molar-refractivity contribution >= 4 is 5.97 Å². The molecule has 0 unspecified atom stereocenters. The van der Waals surface area contributed by atoms with Gasteiger partial charge in [-0.25, -0.2) is 0 Å². The summed E-state index contributed by atoms with van der Waals surface area (Å²) in [4.78, 5) is 14.4. The first-order chi connectivity index (χ1) is 12.6. The lowest BCUT2D eigenvalue weighted by molar-refractivity contribution is -0.145. The van der Waals surface area contributed by atoms with Crippen LogP contribution in [0.1, 0.15) is 31.4 Å². The van der Waals surface area contributed by atoms with Gasteiger partial charge in [-0.1, -0.05) is 60.7 Å². The number of rotatable bonds is 9. The molecule has 2 aromatic rings. The SMILES string of the molecule is CCOC(=O)C[C@@]1([C@H](C)N(Cc2ccccc2)Cc2ccccc2)CO1. The number of nitrogens with zero attached hydrogens (tertiary/aromatic N) is 1. The Balaban J connectivity index is 1.76. The molecule has 0 spiro atoms. The number of epoxide rings is 1. The number of hydrogen-bond donors (Lipinski definition) is 0. The van der Waals surface area contributed by atoms with Gasteiger partial charge < -0.3 is 9.47 Å². The van der Waals surface area contributed by atoms with Crippen molar-refractivity contribution in [2.24, 2.45) is 0 Å². The quantitative estimate of drug-likeness (QED) is 0.508. The van der Waals surface area contributed by atoms with Gasteiger partial charge in [0.2, 0.25) is 0 Å². The average molecular weight is 353 g/mol. The van der Waals surface area contributed by atoms with E-state index in [1.807, 2.05) is 19.1 Å². The molecular weight excluding hydrogens is 326 g/mol. The van der Waals surface area contributed by atoms with Crippen LogP contribution in [0, 0.1) is 0 Å². The molecule has 3 rings (SSSR count). The summed E-state index contributed by atoms with van der Waals surface area (Å²) < 4.78 is 10.9. The first kappa shape index (κ1) is 18.6. The monoisotopic (exact) mass is 353 g/mol. The lowest BCUT2D eigenvalue weighted by Gasteiger charge is -2.33. The van der Waals surface area contributed by atoms with E-state index in [4.69, 9.17) is 9.47 Å². The molecule has 138 valence electrons. The second-order valence-electron chi connectivity index (χ2n) is 6.89. The molecule has 0 aliphatic carbocycles. The summed E-state index contributed by atoms with van der Waals surface area (Å²) in [6, 6.07) is 20.9. The van der Waals surface area contributed by atoms with E-state index in [1.54, 1.807) is 0 Å². The molecule has 2 atom stereocenters. The van der Waals surface area contributed by atoms with Gasteiger partial charge in [-0.3, -0.25) is 9.69 Å². The second kappa shape index (κ2) is 8.47.